The van der Waals surface area contributed by atoms with Crippen LogP contribution in [0.3, 0.4) is 0 Å². The Morgan fingerprint density at radius 1 is 1.39 bits per heavy atom. The molecule has 1 aliphatic rings. The summed E-state index contributed by atoms with van der Waals surface area (Å²) in [6, 6.07) is 8.24. The number of hydrogen-bond donors (Lipinski definition) is 1. The highest BCUT2D eigenvalue weighted by Crippen LogP contribution is 2.42. The molecule has 1 aromatic carbocycles. The molecule has 2 aromatic rings. The minimum Gasteiger partial charge on any atom is -0.484 e. The minimum absolute atomic E-state index is 0.0494. The summed E-state index contributed by atoms with van der Waals surface area (Å²) in [7, 11) is 0. The molecular formula is C14H14BrNOS. The number of aryl methyl sites for hydroxylation is 1. The first-order chi connectivity index (χ1) is 8.65. The number of ether oxygens (including phenoxy) is 1. The van der Waals surface area contributed by atoms with Crippen LogP contribution < -0.4 is 10.5 Å². The van der Waals surface area contributed by atoms with Crippen molar-refractivity contribution in [3.05, 3.63) is 50.1 Å². The molecule has 2 atom stereocenters. The number of fused-ring (bicyclic) bond motifs is 1. The van der Waals surface area contributed by atoms with E-state index in [1.54, 1.807) is 11.3 Å². The molecule has 0 fully saturated rings. The fourth-order valence-electron chi connectivity index (χ4n) is 2.35. The van der Waals surface area contributed by atoms with Crippen molar-refractivity contribution in [1.82, 2.24) is 0 Å². The number of hydrogen-bond acceptors (Lipinski definition) is 3. The molecule has 0 saturated heterocycles. The van der Waals surface area contributed by atoms with Gasteiger partial charge in [0.2, 0.25) is 0 Å². The van der Waals surface area contributed by atoms with Crippen molar-refractivity contribution in [3.63, 3.8) is 0 Å². The average molecular weight is 324 g/mol. The molecular weight excluding hydrogens is 310 g/mol. The summed E-state index contributed by atoms with van der Waals surface area (Å²) in [5, 5.41) is 2.11. The average Bonchev–Trinajstić information content (AvgIpc) is 2.74. The van der Waals surface area contributed by atoms with E-state index < -0.39 is 0 Å². The predicted molar refractivity (Wildman–Crippen MR) is 78.1 cm³/mol. The van der Waals surface area contributed by atoms with Crippen LogP contribution in [0.25, 0.3) is 0 Å². The SMILES string of the molecule is Cc1ccsc1C1C[C@H](N)c2ccc(Br)cc2O1. The van der Waals surface area contributed by atoms with Gasteiger partial charge in [0.25, 0.3) is 0 Å². The van der Waals surface area contributed by atoms with Gasteiger partial charge >= 0.3 is 0 Å². The molecule has 0 radical (unpaired) electrons. The number of benzene rings is 1. The molecule has 2 N–H and O–H groups in total. The molecule has 94 valence electrons. The van der Waals surface area contributed by atoms with Crippen LogP contribution in [0.4, 0.5) is 0 Å². The summed E-state index contributed by atoms with van der Waals surface area (Å²) in [6.07, 6.45) is 0.928. The van der Waals surface area contributed by atoms with Crippen molar-refractivity contribution in [2.24, 2.45) is 5.73 Å². The Kier molecular flexibility index (Phi) is 3.18. The van der Waals surface area contributed by atoms with Crippen molar-refractivity contribution < 1.29 is 4.74 Å². The largest absolute Gasteiger partial charge is 0.484 e. The molecule has 0 bridgehead atoms. The Morgan fingerprint density at radius 3 is 2.94 bits per heavy atom. The molecule has 0 spiro atoms. The Labute approximate surface area is 119 Å². The summed E-state index contributed by atoms with van der Waals surface area (Å²) >= 11 is 5.22. The van der Waals surface area contributed by atoms with E-state index in [4.69, 9.17) is 10.5 Å². The highest BCUT2D eigenvalue weighted by Gasteiger charge is 2.28. The van der Waals surface area contributed by atoms with Crippen molar-refractivity contribution >= 4 is 27.3 Å². The van der Waals surface area contributed by atoms with E-state index in [0.717, 1.165) is 22.2 Å². The van der Waals surface area contributed by atoms with Gasteiger partial charge in [0.05, 0.1) is 0 Å². The van der Waals surface area contributed by atoms with Gasteiger partial charge in [-0.25, -0.2) is 0 Å². The van der Waals surface area contributed by atoms with Crippen LogP contribution in [-0.2, 0) is 0 Å². The van der Waals surface area contributed by atoms with E-state index in [1.807, 2.05) is 18.2 Å². The van der Waals surface area contributed by atoms with Crippen LogP contribution in [0.15, 0.2) is 34.1 Å². The van der Waals surface area contributed by atoms with Gasteiger partial charge in [-0.05, 0) is 36.1 Å². The van der Waals surface area contributed by atoms with Crippen LogP contribution in [-0.4, -0.2) is 0 Å². The first-order valence-corrected chi connectivity index (χ1v) is 7.58. The monoisotopic (exact) mass is 323 g/mol. The lowest BCUT2D eigenvalue weighted by molar-refractivity contribution is 0.164. The first kappa shape index (κ1) is 12.2. The summed E-state index contributed by atoms with van der Waals surface area (Å²) in [4.78, 5) is 1.29. The summed E-state index contributed by atoms with van der Waals surface area (Å²) in [5.41, 5.74) is 8.64. The topological polar surface area (TPSA) is 35.2 Å². The normalized spacial score (nSPS) is 22.4. The zero-order chi connectivity index (χ0) is 12.7. The zero-order valence-corrected chi connectivity index (χ0v) is 12.4. The van der Waals surface area contributed by atoms with Crippen molar-refractivity contribution in [2.75, 3.05) is 0 Å². The second kappa shape index (κ2) is 4.68. The molecule has 4 heteroatoms. The maximum absolute atomic E-state index is 6.25. The van der Waals surface area contributed by atoms with Gasteiger partial charge in [-0.15, -0.1) is 11.3 Å². The highest BCUT2D eigenvalue weighted by molar-refractivity contribution is 9.10. The van der Waals surface area contributed by atoms with E-state index >= 15 is 0 Å². The van der Waals surface area contributed by atoms with Crippen LogP contribution in [0.5, 0.6) is 5.75 Å². The first-order valence-electron chi connectivity index (χ1n) is 5.91. The molecule has 18 heavy (non-hydrogen) atoms. The smallest absolute Gasteiger partial charge is 0.135 e. The molecule has 1 unspecified atom stereocenters. The van der Waals surface area contributed by atoms with E-state index in [9.17, 15) is 0 Å². The fourth-order valence-corrected chi connectivity index (χ4v) is 3.66. The van der Waals surface area contributed by atoms with Crippen molar-refractivity contribution in [1.29, 1.82) is 0 Å². The molecule has 1 aliphatic heterocycles. The second-order valence-electron chi connectivity index (χ2n) is 4.60. The van der Waals surface area contributed by atoms with Gasteiger partial charge in [-0.3, -0.25) is 0 Å². The van der Waals surface area contributed by atoms with Crippen molar-refractivity contribution in [2.45, 2.75) is 25.5 Å². The molecule has 2 heterocycles. The number of nitrogens with two attached hydrogens (primary N) is 1. The molecule has 1 aromatic heterocycles. The van der Waals surface area contributed by atoms with Gasteiger partial charge in [-0.1, -0.05) is 22.0 Å². The molecule has 0 aliphatic carbocycles. The molecule has 2 nitrogen and oxygen atoms in total. The van der Waals surface area contributed by atoms with Gasteiger partial charge in [-0.2, -0.15) is 0 Å². The Morgan fingerprint density at radius 2 is 2.22 bits per heavy atom. The molecule has 0 amide bonds. The van der Waals surface area contributed by atoms with Crippen LogP contribution in [0.2, 0.25) is 0 Å². The van der Waals surface area contributed by atoms with Crippen LogP contribution in [0, 0.1) is 6.92 Å². The van der Waals surface area contributed by atoms with E-state index in [-0.39, 0.29) is 12.1 Å². The van der Waals surface area contributed by atoms with Gasteiger partial charge in [0.15, 0.2) is 0 Å². The highest BCUT2D eigenvalue weighted by atomic mass is 79.9. The Balaban J connectivity index is 1.98. The third-order valence-electron chi connectivity index (χ3n) is 3.31. The standard InChI is InChI=1S/C14H14BrNOS/c1-8-4-5-18-14(8)13-7-11(16)10-3-2-9(15)6-12(10)17-13/h2-6,11,13H,7,16H2,1H3/t11-,13?/m0/s1. The van der Waals surface area contributed by atoms with E-state index in [2.05, 4.69) is 34.3 Å². The molecule has 3 rings (SSSR count). The number of rotatable bonds is 1. The van der Waals surface area contributed by atoms with Crippen molar-refractivity contribution in [3.8, 4) is 5.75 Å². The van der Waals surface area contributed by atoms with Gasteiger partial charge in [0, 0.05) is 27.4 Å². The van der Waals surface area contributed by atoms with E-state index in [1.165, 1.54) is 10.4 Å². The predicted octanol–water partition coefficient (Wildman–Crippen LogP) is 4.34. The maximum atomic E-state index is 6.25. The zero-order valence-electron chi connectivity index (χ0n) is 10.0. The van der Waals surface area contributed by atoms with Crippen LogP contribution >= 0.6 is 27.3 Å². The Hall–Kier alpha value is -0.840. The Bertz CT molecular complexity index is 581. The third-order valence-corrected chi connectivity index (χ3v) is 4.91. The third kappa shape index (κ3) is 2.09. The van der Waals surface area contributed by atoms with Gasteiger partial charge < -0.3 is 10.5 Å². The summed E-state index contributed by atoms with van der Waals surface area (Å²) in [5.74, 6) is 0.904. The summed E-state index contributed by atoms with van der Waals surface area (Å²) < 4.78 is 7.13. The fraction of sp³-hybridized carbons (Fsp3) is 0.286. The number of halogens is 1. The van der Waals surface area contributed by atoms with Gasteiger partial charge in [0.1, 0.15) is 11.9 Å². The second-order valence-corrected chi connectivity index (χ2v) is 6.46. The van der Waals surface area contributed by atoms with E-state index in [0.29, 0.717) is 0 Å². The minimum atomic E-state index is 0.0494. The lowest BCUT2D eigenvalue weighted by Gasteiger charge is -2.30. The molecule has 0 saturated carbocycles. The maximum Gasteiger partial charge on any atom is 0.135 e. The lowest BCUT2D eigenvalue weighted by atomic mass is 9.96. The quantitative estimate of drug-likeness (QED) is 0.847. The number of thiophene rings is 1. The van der Waals surface area contributed by atoms with Crippen LogP contribution in [0.1, 0.15) is 34.6 Å². The lowest BCUT2D eigenvalue weighted by Crippen LogP contribution is -2.23. The summed E-state index contributed by atoms with van der Waals surface area (Å²) in [6.45, 7) is 2.12.